The number of aromatic amines is 1. The zero-order valence-corrected chi connectivity index (χ0v) is 15.2. The summed E-state index contributed by atoms with van der Waals surface area (Å²) in [5, 5.41) is 7.80. The first kappa shape index (κ1) is 15.4. The SMILES string of the molecule is c1cc2cc(-c3ccn4cc(C5=NCCN5)nc4c3)[nH]c2cc1C1=NCCN1. The average Bonchev–Trinajstić information content (AvgIpc) is 3.52. The molecular formula is C21H19N7. The molecule has 4 aromatic rings. The van der Waals surface area contributed by atoms with Gasteiger partial charge in [-0.1, -0.05) is 12.1 Å². The Kier molecular flexibility index (Phi) is 3.28. The van der Waals surface area contributed by atoms with E-state index in [0.29, 0.717) is 0 Å². The average molecular weight is 369 g/mol. The van der Waals surface area contributed by atoms with E-state index in [1.54, 1.807) is 0 Å². The number of aliphatic imine (C=N–C) groups is 2. The Morgan fingerprint density at radius 2 is 1.71 bits per heavy atom. The molecule has 7 nitrogen and oxygen atoms in total. The molecule has 0 aliphatic carbocycles. The minimum Gasteiger partial charge on any atom is -0.368 e. The summed E-state index contributed by atoms with van der Waals surface area (Å²) in [6.45, 7) is 3.45. The topological polar surface area (TPSA) is 81.9 Å². The zero-order valence-electron chi connectivity index (χ0n) is 15.2. The van der Waals surface area contributed by atoms with Crippen LogP contribution in [0.15, 0.2) is 58.8 Å². The monoisotopic (exact) mass is 369 g/mol. The fourth-order valence-corrected chi connectivity index (χ4v) is 3.85. The Labute approximate surface area is 161 Å². The largest absolute Gasteiger partial charge is 0.368 e. The molecule has 1 aromatic carbocycles. The molecule has 0 bridgehead atoms. The molecule has 3 N–H and O–H groups in total. The van der Waals surface area contributed by atoms with E-state index in [9.17, 15) is 0 Å². The second-order valence-electron chi connectivity index (χ2n) is 7.11. The van der Waals surface area contributed by atoms with Gasteiger partial charge in [-0.05, 0) is 24.3 Å². The van der Waals surface area contributed by atoms with Gasteiger partial charge in [0.05, 0.1) is 13.1 Å². The molecule has 0 radical (unpaired) electrons. The van der Waals surface area contributed by atoms with Crippen LogP contribution in [0.3, 0.4) is 0 Å². The Bertz CT molecular complexity index is 1250. The van der Waals surface area contributed by atoms with E-state index >= 15 is 0 Å². The van der Waals surface area contributed by atoms with Crippen molar-refractivity contribution in [3.05, 3.63) is 60.0 Å². The molecule has 0 spiro atoms. The van der Waals surface area contributed by atoms with Crippen molar-refractivity contribution in [1.29, 1.82) is 0 Å². The zero-order chi connectivity index (χ0) is 18.5. The third-order valence-electron chi connectivity index (χ3n) is 5.26. The Morgan fingerprint density at radius 3 is 2.54 bits per heavy atom. The van der Waals surface area contributed by atoms with Crippen LogP contribution >= 0.6 is 0 Å². The maximum absolute atomic E-state index is 4.73. The van der Waals surface area contributed by atoms with Gasteiger partial charge in [0.2, 0.25) is 0 Å². The smallest absolute Gasteiger partial charge is 0.149 e. The highest BCUT2D eigenvalue weighted by Gasteiger charge is 2.14. The van der Waals surface area contributed by atoms with E-state index in [4.69, 9.17) is 4.98 Å². The standard InChI is InChI=1S/C21H19N7/c1-2-15(20-22-4-5-23-20)10-17-13(1)9-16(26-17)14-3-8-28-12-18(27-19(28)11-14)21-24-6-7-25-21/h1-3,8-12,26H,4-7H2,(H,22,23)(H,24,25). The summed E-state index contributed by atoms with van der Waals surface area (Å²) < 4.78 is 2.03. The fraction of sp³-hybridized carbons (Fsp3) is 0.190. The van der Waals surface area contributed by atoms with Crippen molar-refractivity contribution in [2.45, 2.75) is 0 Å². The Hall–Kier alpha value is -3.61. The number of hydrogen-bond acceptors (Lipinski definition) is 5. The van der Waals surface area contributed by atoms with Gasteiger partial charge < -0.3 is 20.0 Å². The number of fused-ring (bicyclic) bond motifs is 2. The van der Waals surface area contributed by atoms with Crippen molar-refractivity contribution >= 4 is 28.2 Å². The summed E-state index contributed by atoms with van der Waals surface area (Å²) in [5.41, 5.74) is 6.22. The second-order valence-corrected chi connectivity index (χ2v) is 7.11. The minimum atomic E-state index is 0.813. The number of amidine groups is 2. The first-order valence-corrected chi connectivity index (χ1v) is 9.53. The number of benzene rings is 1. The number of H-pyrrole nitrogens is 1. The molecule has 5 heterocycles. The van der Waals surface area contributed by atoms with Crippen LogP contribution < -0.4 is 10.6 Å². The van der Waals surface area contributed by atoms with E-state index in [2.05, 4.69) is 62.0 Å². The molecule has 0 amide bonds. The third-order valence-corrected chi connectivity index (χ3v) is 5.26. The highest BCUT2D eigenvalue weighted by atomic mass is 15.1. The van der Waals surface area contributed by atoms with Crippen LogP contribution in [-0.2, 0) is 0 Å². The summed E-state index contributed by atoms with van der Waals surface area (Å²) in [7, 11) is 0. The molecule has 0 saturated carbocycles. The van der Waals surface area contributed by atoms with Crippen molar-refractivity contribution < 1.29 is 0 Å². The molecule has 0 atom stereocenters. The van der Waals surface area contributed by atoms with Gasteiger partial charge in [-0.25, -0.2) is 4.98 Å². The lowest BCUT2D eigenvalue weighted by Crippen LogP contribution is -2.19. The van der Waals surface area contributed by atoms with E-state index in [1.165, 1.54) is 5.39 Å². The number of imidazole rings is 1. The maximum atomic E-state index is 4.73. The molecule has 7 heteroatoms. The lowest BCUT2D eigenvalue weighted by atomic mass is 10.1. The van der Waals surface area contributed by atoms with Gasteiger partial charge in [0, 0.05) is 53.2 Å². The summed E-state index contributed by atoms with van der Waals surface area (Å²) in [4.78, 5) is 17.3. The van der Waals surface area contributed by atoms with E-state index in [0.717, 1.165) is 71.5 Å². The number of hydrogen-bond donors (Lipinski definition) is 3. The van der Waals surface area contributed by atoms with E-state index in [-0.39, 0.29) is 0 Å². The predicted molar refractivity (Wildman–Crippen MR) is 111 cm³/mol. The number of nitrogens with one attached hydrogen (secondary N) is 3. The van der Waals surface area contributed by atoms with E-state index in [1.807, 2.05) is 16.8 Å². The van der Waals surface area contributed by atoms with Crippen LogP contribution in [0.4, 0.5) is 0 Å². The normalized spacial score (nSPS) is 16.3. The van der Waals surface area contributed by atoms with Crippen LogP contribution in [0.2, 0.25) is 0 Å². The molecular weight excluding hydrogens is 350 g/mol. The van der Waals surface area contributed by atoms with Crippen molar-refractivity contribution in [2.75, 3.05) is 26.2 Å². The Morgan fingerprint density at radius 1 is 0.857 bits per heavy atom. The first-order chi connectivity index (χ1) is 13.8. The number of nitrogens with zero attached hydrogens (tertiary/aromatic N) is 4. The molecule has 28 heavy (non-hydrogen) atoms. The van der Waals surface area contributed by atoms with Gasteiger partial charge in [0.1, 0.15) is 23.0 Å². The van der Waals surface area contributed by atoms with E-state index < -0.39 is 0 Å². The molecule has 138 valence electrons. The maximum Gasteiger partial charge on any atom is 0.149 e. The summed E-state index contributed by atoms with van der Waals surface area (Å²) in [6, 6.07) is 12.8. The number of aromatic nitrogens is 3. The first-order valence-electron chi connectivity index (χ1n) is 9.53. The van der Waals surface area contributed by atoms with Crippen LogP contribution in [0.25, 0.3) is 27.8 Å². The van der Waals surface area contributed by atoms with Crippen molar-refractivity contribution in [3.63, 3.8) is 0 Å². The second kappa shape index (κ2) is 5.95. The van der Waals surface area contributed by atoms with Gasteiger partial charge in [-0.3, -0.25) is 9.98 Å². The Balaban J connectivity index is 1.39. The van der Waals surface area contributed by atoms with Crippen LogP contribution in [-0.4, -0.2) is 52.2 Å². The lowest BCUT2D eigenvalue weighted by molar-refractivity contribution is 0.959. The van der Waals surface area contributed by atoms with Crippen molar-refractivity contribution in [2.24, 2.45) is 9.98 Å². The third kappa shape index (κ3) is 2.47. The van der Waals surface area contributed by atoms with Gasteiger partial charge in [-0.15, -0.1) is 0 Å². The summed E-state index contributed by atoms with van der Waals surface area (Å²) in [5.74, 6) is 1.86. The van der Waals surface area contributed by atoms with Gasteiger partial charge in [0.25, 0.3) is 0 Å². The van der Waals surface area contributed by atoms with Crippen LogP contribution in [0.5, 0.6) is 0 Å². The predicted octanol–water partition coefficient (Wildman–Crippen LogP) is 2.18. The number of rotatable bonds is 3. The lowest BCUT2D eigenvalue weighted by Gasteiger charge is -2.02. The molecule has 2 aliphatic heterocycles. The highest BCUT2D eigenvalue weighted by Crippen LogP contribution is 2.26. The van der Waals surface area contributed by atoms with Crippen LogP contribution in [0.1, 0.15) is 11.3 Å². The molecule has 0 saturated heterocycles. The van der Waals surface area contributed by atoms with Gasteiger partial charge in [0.15, 0.2) is 0 Å². The highest BCUT2D eigenvalue weighted by molar-refractivity contribution is 6.03. The summed E-state index contributed by atoms with van der Waals surface area (Å²) >= 11 is 0. The van der Waals surface area contributed by atoms with Crippen LogP contribution in [0, 0.1) is 0 Å². The minimum absolute atomic E-state index is 0.813. The molecule has 6 rings (SSSR count). The number of pyridine rings is 1. The molecule has 2 aliphatic rings. The molecule has 3 aromatic heterocycles. The quantitative estimate of drug-likeness (QED) is 0.518. The fourth-order valence-electron chi connectivity index (χ4n) is 3.85. The van der Waals surface area contributed by atoms with Gasteiger partial charge in [-0.2, -0.15) is 0 Å². The molecule has 0 unspecified atom stereocenters. The molecule has 0 fully saturated rings. The summed E-state index contributed by atoms with van der Waals surface area (Å²) in [6.07, 6.45) is 4.06. The van der Waals surface area contributed by atoms with Gasteiger partial charge >= 0.3 is 0 Å². The van der Waals surface area contributed by atoms with Crippen molar-refractivity contribution in [1.82, 2.24) is 25.0 Å². The van der Waals surface area contributed by atoms with Crippen molar-refractivity contribution in [3.8, 4) is 11.3 Å².